The fourth-order valence-electron chi connectivity index (χ4n) is 0.809. The third kappa shape index (κ3) is 2.04. The average Bonchev–Trinajstić information content (AvgIpc) is 2.03. The van der Waals surface area contributed by atoms with E-state index in [2.05, 4.69) is 11.9 Å². The quantitative estimate of drug-likeness (QED) is 0.685. The second-order valence-corrected chi connectivity index (χ2v) is 4.49. The van der Waals surface area contributed by atoms with E-state index in [1.54, 1.807) is 12.1 Å². The minimum absolute atomic E-state index is 0.114. The van der Waals surface area contributed by atoms with E-state index >= 15 is 0 Å². The van der Waals surface area contributed by atoms with Crippen LogP contribution in [0.2, 0.25) is 0 Å². The van der Waals surface area contributed by atoms with Gasteiger partial charge in [0.2, 0.25) is 0 Å². The molecule has 0 atom stereocenters. The number of sulfone groups is 1. The van der Waals surface area contributed by atoms with Gasteiger partial charge in [-0.25, -0.2) is 13.4 Å². The fourth-order valence-corrected chi connectivity index (χ4v) is 1.43. The maximum absolute atomic E-state index is 11.0. The lowest BCUT2D eigenvalue weighted by atomic mass is 10.2. The van der Waals surface area contributed by atoms with Crippen LogP contribution in [0.4, 0.5) is 0 Å². The highest BCUT2D eigenvalue weighted by Crippen LogP contribution is 2.07. The van der Waals surface area contributed by atoms with Crippen molar-refractivity contribution in [1.82, 2.24) is 4.98 Å². The Kier molecular flexibility index (Phi) is 2.47. The molecule has 0 N–H and O–H groups in total. The van der Waals surface area contributed by atoms with Gasteiger partial charge in [-0.15, -0.1) is 0 Å². The van der Waals surface area contributed by atoms with Crippen LogP contribution in [-0.4, -0.2) is 19.7 Å². The second kappa shape index (κ2) is 3.23. The summed E-state index contributed by atoms with van der Waals surface area (Å²) >= 11 is 0. The number of nitrogens with zero attached hydrogens (tertiary/aromatic N) is 1. The van der Waals surface area contributed by atoms with Gasteiger partial charge in [0.1, 0.15) is 0 Å². The fraction of sp³-hybridized carbons (Fsp3) is 0.250. The van der Waals surface area contributed by atoms with Gasteiger partial charge in [-0.3, -0.25) is 0 Å². The molecule has 0 aliphatic carbocycles. The summed E-state index contributed by atoms with van der Waals surface area (Å²) in [6.07, 6.45) is 3.20. The van der Waals surface area contributed by atoms with Gasteiger partial charge in [0.05, 0.1) is 0 Å². The van der Waals surface area contributed by atoms with Crippen LogP contribution in [0.3, 0.4) is 0 Å². The third-order valence-electron chi connectivity index (χ3n) is 1.47. The first kappa shape index (κ1) is 9.19. The Labute approximate surface area is 72.4 Å². The van der Waals surface area contributed by atoms with Crippen LogP contribution in [0.25, 0.3) is 0 Å². The van der Waals surface area contributed by atoms with Crippen LogP contribution < -0.4 is 0 Å². The van der Waals surface area contributed by atoms with Crippen LogP contribution in [0.5, 0.6) is 0 Å². The summed E-state index contributed by atoms with van der Waals surface area (Å²) in [5.74, 6) is 0. The van der Waals surface area contributed by atoms with Crippen molar-refractivity contribution in [2.75, 3.05) is 6.26 Å². The van der Waals surface area contributed by atoms with Crippen LogP contribution in [-0.2, 0) is 16.3 Å². The molecule has 0 spiro atoms. The Morgan fingerprint density at radius 3 is 2.75 bits per heavy atom. The van der Waals surface area contributed by atoms with E-state index in [-0.39, 0.29) is 5.03 Å². The number of hydrogen-bond donors (Lipinski definition) is 0. The molecule has 1 rings (SSSR count). The van der Waals surface area contributed by atoms with Gasteiger partial charge < -0.3 is 0 Å². The minimum Gasteiger partial charge on any atom is -0.245 e. The lowest BCUT2D eigenvalue weighted by molar-refractivity contribution is 0.598. The van der Waals surface area contributed by atoms with Crippen molar-refractivity contribution in [3.63, 3.8) is 0 Å². The summed E-state index contributed by atoms with van der Waals surface area (Å²) in [6, 6.07) is 3.30. The molecule has 0 amide bonds. The Bertz CT molecular complexity index is 370. The zero-order valence-electron chi connectivity index (χ0n) is 6.82. The molecule has 3 nitrogen and oxygen atoms in total. The molecule has 0 bridgehead atoms. The number of aromatic nitrogens is 1. The monoisotopic (exact) mass is 184 g/mol. The molecule has 0 aliphatic heterocycles. The molecular weight excluding hydrogens is 174 g/mol. The molecule has 1 radical (unpaired) electrons. The highest BCUT2D eigenvalue weighted by Gasteiger charge is 2.07. The van der Waals surface area contributed by atoms with E-state index < -0.39 is 9.84 Å². The van der Waals surface area contributed by atoms with Crippen LogP contribution in [0, 0.1) is 6.92 Å². The molecule has 65 valence electrons. The van der Waals surface area contributed by atoms with E-state index in [0.29, 0.717) is 6.42 Å². The van der Waals surface area contributed by atoms with Gasteiger partial charge >= 0.3 is 0 Å². The molecule has 0 saturated carbocycles. The van der Waals surface area contributed by atoms with Crippen molar-refractivity contribution < 1.29 is 8.42 Å². The molecular formula is C8H10NO2S. The summed E-state index contributed by atoms with van der Waals surface area (Å²) < 4.78 is 22.0. The first-order chi connectivity index (χ1) is 5.54. The normalized spacial score (nSPS) is 11.5. The topological polar surface area (TPSA) is 47.0 Å². The summed E-state index contributed by atoms with van der Waals surface area (Å²) in [4.78, 5) is 3.74. The van der Waals surface area contributed by atoms with E-state index in [1.807, 2.05) is 0 Å². The van der Waals surface area contributed by atoms with Crippen molar-refractivity contribution in [3.05, 3.63) is 30.8 Å². The van der Waals surface area contributed by atoms with E-state index in [4.69, 9.17) is 0 Å². The van der Waals surface area contributed by atoms with Gasteiger partial charge in [0, 0.05) is 12.5 Å². The molecule has 1 heterocycles. The van der Waals surface area contributed by atoms with Crippen molar-refractivity contribution in [1.29, 1.82) is 0 Å². The van der Waals surface area contributed by atoms with Gasteiger partial charge in [-0.05, 0) is 31.0 Å². The van der Waals surface area contributed by atoms with E-state index in [1.165, 1.54) is 6.20 Å². The number of pyridine rings is 1. The van der Waals surface area contributed by atoms with Crippen LogP contribution >= 0.6 is 0 Å². The van der Waals surface area contributed by atoms with Crippen molar-refractivity contribution in [2.45, 2.75) is 11.4 Å². The number of rotatable bonds is 2. The second-order valence-electron chi connectivity index (χ2n) is 2.52. The molecule has 4 heteroatoms. The Morgan fingerprint density at radius 2 is 2.25 bits per heavy atom. The van der Waals surface area contributed by atoms with Gasteiger partial charge in [0.25, 0.3) is 0 Å². The number of hydrogen-bond acceptors (Lipinski definition) is 3. The molecule has 0 aromatic carbocycles. The summed E-state index contributed by atoms with van der Waals surface area (Å²) in [5.41, 5.74) is 0.880. The predicted octanol–water partition coefficient (Wildman–Crippen LogP) is 0.862. The Balaban J connectivity index is 3.20. The summed E-state index contributed by atoms with van der Waals surface area (Å²) in [5, 5.41) is 0.114. The largest absolute Gasteiger partial charge is 0.245 e. The maximum atomic E-state index is 11.0. The highest BCUT2D eigenvalue weighted by molar-refractivity contribution is 7.90. The van der Waals surface area contributed by atoms with E-state index in [9.17, 15) is 8.42 Å². The zero-order valence-corrected chi connectivity index (χ0v) is 7.63. The first-order valence-electron chi connectivity index (χ1n) is 3.48. The summed E-state index contributed by atoms with van der Waals surface area (Å²) in [7, 11) is -3.17. The minimum atomic E-state index is -3.17. The van der Waals surface area contributed by atoms with E-state index in [0.717, 1.165) is 11.8 Å². The lowest BCUT2D eigenvalue weighted by Gasteiger charge is -1.98. The SMILES string of the molecule is [CH2]Cc1ccnc(S(C)(=O)=O)c1. The third-order valence-corrected chi connectivity index (χ3v) is 2.45. The smallest absolute Gasteiger partial charge is 0.192 e. The standard InChI is InChI=1S/C8H10NO2S/c1-3-7-4-5-9-8(6-7)12(2,10)11/h4-6H,1,3H2,2H3. The molecule has 0 unspecified atom stereocenters. The summed E-state index contributed by atoms with van der Waals surface area (Å²) in [6.45, 7) is 3.66. The van der Waals surface area contributed by atoms with Crippen molar-refractivity contribution in [3.8, 4) is 0 Å². The Hall–Kier alpha value is -0.900. The molecule has 0 fully saturated rings. The van der Waals surface area contributed by atoms with Crippen LogP contribution in [0.15, 0.2) is 23.4 Å². The molecule has 1 aromatic heterocycles. The molecule has 12 heavy (non-hydrogen) atoms. The van der Waals surface area contributed by atoms with Crippen molar-refractivity contribution >= 4 is 9.84 Å². The average molecular weight is 184 g/mol. The van der Waals surface area contributed by atoms with Gasteiger partial charge in [0.15, 0.2) is 14.9 Å². The van der Waals surface area contributed by atoms with Crippen molar-refractivity contribution in [2.24, 2.45) is 0 Å². The molecule has 0 aliphatic rings. The first-order valence-corrected chi connectivity index (χ1v) is 5.37. The maximum Gasteiger partial charge on any atom is 0.192 e. The Morgan fingerprint density at radius 1 is 1.58 bits per heavy atom. The zero-order chi connectivity index (χ0) is 9.19. The van der Waals surface area contributed by atoms with Crippen LogP contribution in [0.1, 0.15) is 5.56 Å². The van der Waals surface area contributed by atoms with Gasteiger partial charge in [-0.1, -0.05) is 0 Å². The van der Waals surface area contributed by atoms with Gasteiger partial charge in [-0.2, -0.15) is 0 Å². The molecule has 1 aromatic rings. The molecule has 0 saturated heterocycles. The lowest BCUT2D eigenvalue weighted by Crippen LogP contribution is -2.00. The predicted molar refractivity (Wildman–Crippen MR) is 46.4 cm³/mol. The highest BCUT2D eigenvalue weighted by atomic mass is 32.2.